The Morgan fingerprint density at radius 2 is 1.52 bits per heavy atom. The molecule has 3 rings (SSSR count). The van der Waals surface area contributed by atoms with Gasteiger partial charge in [0.05, 0.1) is 5.76 Å². The summed E-state index contributed by atoms with van der Waals surface area (Å²) in [5.74, 6) is 0.0907. The Bertz CT molecular complexity index is 808. The summed E-state index contributed by atoms with van der Waals surface area (Å²) >= 11 is 0. The van der Waals surface area contributed by atoms with Crippen molar-refractivity contribution in [1.82, 2.24) is 0 Å². The molecule has 1 atom stereocenters. The van der Waals surface area contributed by atoms with E-state index in [4.69, 9.17) is 0 Å². The van der Waals surface area contributed by atoms with Crippen molar-refractivity contribution in [3.8, 4) is 0 Å². The zero-order valence-corrected chi connectivity index (χ0v) is 14.8. The Morgan fingerprint density at radius 1 is 0.920 bits per heavy atom. The third kappa shape index (κ3) is 4.08. The molecule has 0 radical (unpaired) electrons. The van der Waals surface area contributed by atoms with Crippen molar-refractivity contribution in [1.29, 1.82) is 0 Å². The van der Waals surface area contributed by atoms with E-state index in [1.165, 1.54) is 11.1 Å². The van der Waals surface area contributed by atoms with Crippen molar-refractivity contribution in [2.24, 2.45) is 0 Å². The fraction of sp³-hybridized carbons (Fsp3) is 0.261. The lowest BCUT2D eigenvalue weighted by Crippen LogP contribution is -2.17. The standard InChI is InChI=1S/C23H24O2/c1-16-6-10-18(11-7-16)12-15-20(19-13-8-17(2)9-14-19)23-21(24)4-3-5-22(23)25/h6-15,20,24H,3-5H2,1-2H3/b15-12+. The van der Waals surface area contributed by atoms with Gasteiger partial charge < -0.3 is 5.11 Å². The van der Waals surface area contributed by atoms with E-state index in [1.54, 1.807) is 0 Å². The summed E-state index contributed by atoms with van der Waals surface area (Å²) in [5, 5.41) is 10.4. The van der Waals surface area contributed by atoms with Gasteiger partial charge in [-0.15, -0.1) is 0 Å². The Morgan fingerprint density at radius 3 is 2.12 bits per heavy atom. The quantitative estimate of drug-likeness (QED) is 0.783. The highest BCUT2D eigenvalue weighted by molar-refractivity contribution is 5.98. The topological polar surface area (TPSA) is 37.3 Å². The molecule has 0 amide bonds. The lowest BCUT2D eigenvalue weighted by molar-refractivity contribution is -0.116. The summed E-state index contributed by atoms with van der Waals surface area (Å²) < 4.78 is 0. The lowest BCUT2D eigenvalue weighted by atomic mass is 9.82. The molecule has 1 aliphatic rings. The van der Waals surface area contributed by atoms with Gasteiger partial charge in [0.15, 0.2) is 5.78 Å². The maximum atomic E-state index is 12.5. The van der Waals surface area contributed by atoms with Gasteiger partial charge in [-0.3, -0.25) is 4.79 Å². The molecule has 2 nitrogen and oxygen atoms in total. The first-order chi connectivity index (χ1) is 12.0. The molecule has 0 bridgehead atoms. The predicted molar refractivity (Wildman–Crippen MR) is 103 cm³/mol. The largest absolute Gasteiger partial charge is 0.512 e. The van der Waals surface area contributed by atoms with Crippen LogP contribution in [0.1, 0.15) is 47.4 Å². The Labute approximate surface area is 149 Å². The van der Waals surface area contributed by atoms with Gasteiger partial charge in [0.25, 0.3) is 0 Å². The average molecular weight is 332 g/mol. The van der Waals surface area contributed by atoms with Crippen LogP contribution in [0.15, 0.2) is 65.9 Å². The van der Waals surface area contributed by atoms with Crippen molar-refractivity contribution < 1.29 is 9.90 Å². The van der Waals surface area contributed by atoms with Gasteiger partial charge >= 0.3 is 0 Å². The first-order valence-electron chi connectivity index (χ1n) is 8.81. The van der Waals surface area contributed by atoms with Gasteiger partial charge in [-0.2, -0.15) is 0 Å². The number of carbonyl (C=O) groups is 1. The number of aliphatic hydroxyl groups excluding tert-OH is 1. The number of aliphatic hydroxyl groups is 1. The van der Waals surface area contributed by atoms with Gasteiger partial charge in [-0.1, -0.05) is 71.8 Å². The third-order valence-electron chi connectivity index (χ3n) is 4.73. The van der Waals surface area contributed by atoms with Gasteiger partial charge in [0.1, 0.15) is 0 Å². The molecule has 1 unspecified atom stereocenters. The van der Waals surface area contributed by atoms with Crippen molar-refractivity contribution in [2.75, 3.05) is 0 Å². The minimum atomic E-state index is -0.213. The number of aryl methyl sites for hydroxylation is 2. The van der Waals surface area contributed by atoms with E-state index < -0.39 is 0 Å². The van der Waals surface area contributed by atoms with E-state index in [9.17, 15) is 9.90 Å². The van der Waals surface area contributed by atoms with Crippen LogP contribution in [0.25, 0.3) is 6.08 Å². The molecule has 2 aromatic rings. The number of allylic oxidation sites excluding steroid dienone is 3. The fourth-order valence-corrected chi connectivity index (χ4v) is 3.23. The second-order valence-electron chi connectivity index (χ2n) is 6.80. The molecule has 1 aliphatic carbocycles. The average Bonchev–Trinajstić information content (AvgIpc) is 2.60. The fourth-order valence-electron chi connectivity index (χ4n) is 3.23. The Balaban J connectivity index is 2.01. The highest BCUT2D eigenvalue weighted by atomic mass is 16.3. The number of rotatable bonds is 4. The van der Waals surface area contributed by atoms with Crippen molar-refractivity contribution in [2.45, 2.75) is 39.0 Å². The highest BCUT2D eigenvalue weighted by Gasteiger charge is 2.27. The van der Waals surface area contributed by atoms with Crippen LogP contribution < -0.4 is 0 Å². The molecule has 0 spiro atoms. The lowest BCUT2D eigenvalue weighted by Gasteiger charge is -2.22. The number of Topliss-reactive ketones (excluding diaryl/α,β-unsaturated/α-hetero) is 1. The van der Waals surface area contributed by atoms with Crippen LogP contribution in [0.4, 0.5) is 0 Å². The van der Waals surface area contributed by atoms with E-state index in [2.05, 4.69) is 31.2 Å². The monoisotopic (exact) mass is 332 g/mol. The molecule has 1 N–H and O–H groups in total. The van der Waals surface area contributed by atoms with E-state index >= 15 is 0 Å². The smallest absolute Gasteiger partial charge is 0.163 e. The maximum absolute atomic E-state index is 12.5. The normalized spacial score (nSPS) is 16.5. The van der Waals surface area contributed by atoms with Crippen LogP contribution in [-0.4, -0.2) is 10.9 Å². The van der Waals surface area contributed by atoms with Crippen LogP contribution in [0.2, 0.25) is 0 Å². The second kappa shape index (κ2) is 7.52. The van der Waals surface area contributed by atoms with E-state index in [1.807, 2.05) is 43.3 Å². The molecule has 0 fully saturated rings. The number of hydrogen-bond acceptors (Lipinski definition) is 2. The third-order valence-corrected chi connectivity index (χ3v) is 4.73. The van der Waals surface area contributed by atoms with Crippen LogP contribution in [0.3, 0.4) is 0 Å². The van der Waals surface area contributed by atoms with Crippen LogP contribution in [0, 0.1) is 13.8 Å². The summed E-state index contributed by atoms with van der Waals surface area (Å²) in [5.41, 5.74) is 5.07. The minimum Gasteiger partial charge on any atom is -0.512 e. The molecule has 2 heteroatoms. The van der Waals surface area contributed by atoms with Crippen LogP contribution in [-0.2, 0) is 4.79 Å². The molecule has 0 saturated heterocycles. The zero-order chi connectivity index (χ0) is 17.8. The molecule has 0 heterocycles. The van der Waals surface area contributed by atoms with Crippen molar-refractivity contribution in [3.63, 3.8) is 0 Å². The molecule has 0 saturated carbocycles. The molecular formula is C23H24O2. The number of benzene rings is 2. The minimum absolute atomic E-state index is 0.0582. The second-order valence-corrected chi connectivity index (χ2v) is 6.80. The molecule has 0 aliphatic heterocycles. The maximum Gasteiger partial charge on any atom is 0.163 e. The zero-order valence-electron chi connectivity index (χ0n) is 14.8. The van der Waals surface area contributed by atoms with Crippen molar-refractivity contribution in [3.05, 3.63) is 88.2 Å². The Hall–Kier alpha value is -2.61. The summed E-state index contributed by atoms with van der Waals surface area (Å²) in [4.78, 5) is 12.5. The van der Waals surface area contributed by atoms with Crippen LogP contribution in [0.5, 0.6) is 0 Å². The number of ketones is 1. The van der Waals surface area contributed by atoms with Gasteiger partial charge in [-0.05, 0) is 31.4 Å². The van der Waals surface area contributed by atoms with Gasteiger partial charge in [0, 0.05) is 24.3 Å². The van der Waals surface area contributed by atoms with Crippen molar-refractivity contribution >= 4 is 11.9 Å². The molecule has 2 aromatic carbocycles. The first kappa shape index (κ1) is 17.2. The number of hydrogen-bond donors (Lipinski definition) is 1. The predicted octanol–water partition coefficient (Wildman–Crippen LogP) is 5.67. The first-order valence-corrected chi connectivity index (χ1v) is 8.81. The summed E-state index contributed by atoms with van der Waals surface area (Å²) in [6, 6.07) is 16.5. The molecule has 0 aromatic heterocycles. The molecular weight excluding hydrogens is 308 g/mol. The molecule has 25 heavy (non-hydrogen) atoms. The highest BCUT2D eigenvalue weighted by Crippen LogP contribution is 2.34. The van der Waals surface area contributed by atoms with E-state index in [0.717, 1.165) is 17.5 Å². The van der Waals surface area contributed by atoms with Gasteiger partial charge in [-0.25, -0.2) is 0 Å². The molecule has 128 valence electrons. The van der Waals surface area contributed by atoms with Gasteiger partial charge in [0.2, 0.25) is 0 Å². The van der Waals surface area contributed by atoms with E-state index in [0.29, 0.717) is 18.4 Å². The SMILES string of the molecule is Cc1ccc(/C=C/C(C2=C(O)CCCC2=O)c2ccc(C)cc2)cc1. The van der Waals surface area contributed by atoms with E-state index in [-0.39, 0.29) is 17.5 Å². The number of carbonyl (C=O) groups excluding carboxylic acids is 1. The Kier molecular flexibility index (Phi) is 5.18. The summed E-state index contributed by atoms with van der Waals surface area (Å²) in [7, 11) is 0. The van der Waals surface area contributed by atoms with Crippen LogP contribution >= 0.6 is 0 Å². The summed E-state index contributed by atoms with van der Waals surface area (Å²) in [6.45, 7) is 4.11. The summed E-state index contributed by atoms with van der Waals surface area (Å²) in [6.07, 6.45) is 5.90.